The average Bonchev–Trinajstić information content (AvgIpc) is 2.71. The fourth-order valence-corrected chi connectivity index (χ4v) is 3.38. The van der Waals surface area contributed by atoms with Gasteiger partial charge in [0.15, 0.2) is 0 Å². The van der Waals surface area contributed by atoms with Crippen LogP contribution in [-0.4, -0.2) is 37.8 Å². The number of hydrogen-bond donors (Lipinski definition) is 2. The van der Waals surface area contributed by atoms with Crippen LogP contribution in [0, 0.1) is 5.82 Å². The van der Waals surface area contributed by atoms with Gasteiger partial charge in [-0.1, -0.05) is 18.2 Å². The second-order valence-electron chi connectivity index (χ2n) is 6.11. The lowest BCUT2D eigenvalue weighted by molar-refractivity contribution is -0.138. The predicted molar refractivity (Wildman–Crippen MR) is 105 cm³/mol. The largest absolute Gasteiger partial charge is 0.416 e. The Bertz CT molecular complexity index is 891. The molecule has 5 nitrogen and oxygen atoms in total. The number of carbonyl (C=O) groups excluding carboxylic acids is 2. The normalized spacial score (nSPS) is 11.2. The second-order valence-corrected chi connectivity index (χ2v) is 7.13. The van der Waals surface area contributed by atoms with Crippen molar-refractivity contribution in [3.05, 3.63) is 65.0 Å². The molecule has 0 bridgehead atoms. The number of methoxy groups -OCH3 is 1. The number of rotatable bonds is 9. The Kier molecular flexibility index (Phi) is 8.67. The maximum absolute atomic E-state index is 13.2. The molecule has 0 fully saturated rings. The molecule has 2 N–H and O–H groups in total. The highest BCUT2D eigenvalue weighted by molar-refractivity contribution is 8.00. The van der Waals surface area contributed by atoms with Crippen LogP contribution in [0.5, 0.6) is 0 Å². The molecule has 0 spiro atoms. The topological polar surface area (TPSA) is 67.4 Å². The highest BCUT2D eigenvalue weighted by atomic mass is 32.2. The minimum absolute atomic E-state index is 0.0597. The number of thioether (sulfide) groups is 1. The van der Waals surface area contributed by atoms with Gasteiger partial charge in [0.1, 0.15) is 5.82 Å². The van der Waals surface area contributed by atoms with E-state index in [-0.39, 0.29) is 22.8 Å². The van der Waals surface area contributed by atoms with Gasteiger partial charge in [0.2, 0.25) is 5.91 Å². The van der Waals surface area contributed by atoms with Crippen molar-refractivity contribution in [2.45, 2.75) is 17.6 Å². The summed E-state index contributed by atoms with van der Waals surface area (Å²) in [6.07, 6.45) is -4.74. The number of nitrogens with one attached hydrogen (secondary N) is 2. The zero-order chi connectivity index (χ0) is 22.1. The summed E-state index contributed by atoms with van der Waals surface area (Å²) in [4.78, 5) is 24.8. The Morgan fingerprint density at radius 2 is 1.83 bits per heavy atom. The Morgan fingerprint density at radius 1 is 1.10 bits per heavy atom. The summed E-state index contributed by atoms with van der Waals surface area (Å²) >= 11 is 1.13. The van der Waals surface area contributed by atoms with E-state index in [1.165, 1.54) is 13.2 Å². The number of alkyl halides is 3. The van der Waals surface area contributed by atoms with Gasteiger partial charge in [-0.2, -0.15) is 13.2 Å². The van der Waals surface area contributed by atoms with E-state index in [1.807, 2.05) is 0 Å². The molecule has 2 rings (SSSR count). The molecule has 0 aromatic heterocycles. The lowest BCUT2D eigenvalue weighted by Gasteiger charge is -2.14. The molecule has 0 heterocycles. The summed E-state index contributed by atoms with van der Waals surface area (Å²) in [5.41, 5.74) is -1.17. The van der Waals surface area contributed by atoms with Crippen LogP contribution in [-0.2, 0) is 22.3 Å². The first-order valence-corrected chi connectivity index (χ1v) is 9.82. The molecule has 0 saturated heterocycles. The maximum Gasteiger partial charge on any atom is 0.416 e. The van der Waals surface area contributed by atoms with Crippen LogP contribution < -0.4 is 10.6 Å². The molecule has 2 aromatic rings. The molecule has 0 radical (unpaired) electrons. The van der Waals surface area contributed by atoms with Crippen molar-refractivity contribution in [1.82, 2.24) is 10.6 Å². The summed E-state index contributed by atoms with van der Waals surface area (Å²) in [5, 5.41) is 5.08. The first-order valence-electron chi connectivity index (χ1n) is 8.83. The number of ether oxygens (including phenoxy) is 1. The number of halogens is 4. The molecule has 2 amide bonds. The fourth-order valence-electron chi connectivity index (χ4n) is 2.50. The van der Waals surface area contributed by atoms with Gasteiger partial charge >= 0.3 is 6.18 Å². The third kappa shape index (κ3) is 7.03. The van der Waals surface area contributed by atoms with E-state index in [2.05, 4.69) is 10.6 Å². The highest BCUT2D eigenvalue weighted by Gasteiger charge is 2.33. The molecule has 0 aliphatic heterocycles. The second kappa shape index (κ2) is 11.0. The highest BCUT2D eigenvalue weighted by Crippen LogP contribution is 2.32. The molecule has 0 unspecified atom stereocenters. The van der Waals surface area contributed by atoms with Gasteiger partial charge < -0.3 is 15.4 Å². The van der Waals surface area contributed by atoms with Crippen molar-refractivity contribution < 1.29 is 31.9 Å². The minimum atomic E-state index is -4.74. The van der Waals surface area contributed by atoms with Gasteiger partial charge in [-0.25, -0.2) is 4.39 Å². The van der Waals surface area contributed by atoms with Crippen molar-refractivity contribution in [3.8, 4) is 0 Å². The van der Waals surface area contributed by atoms with Gasteiger partial charge in [-0.3, -0.25) is 9.59 Å². The minimum Gasteiger partial charge on any atom is -0.383 e. The first kappa shape index (κ1) is 23.7. The van der Waals surface area contributed by atoms with Crippen LogP contribution >= 0.6 is 11.8 Å². The van der Waals surface area contributed by atoms with Crippen LogP contribution in [0.15, 0.2) is 47.4 Å². The summed E-state index contributed by atoms with van der Waals surface area (Å²) in [7, 11) is 1.51. The average molecular weight is 444 g/mol. The van der Waals surface area contributed by atoms with Crippen LogP contribution in [0.4, 0.5) is 17.6 Å². The van der Waals surface area contributed by atoms with E-state index >= 15 is 0 Å². The molecule has 30 heavy (non-hydrogen) atoms. The van der Waals surface area contributed by atoms with Crippen molar-refractivity contribution in [3.63, 3.8) is 0 Å². The molecule has 0 saturated carbocycles. The smallest absolute Gasteiger partial charge is 0.383 e. The predicted octanol–water partition coefficient (Wildman–Crippen LogP) is 3.63. The van der Waals surface area contributed by atoms with E-state index < -0.39 is 30.0 Å². The molecular weight excluding hydrogens is 424 g/mol. The fraction of sp³-hybridized carbons (Fsp3) is 0.300. The Balaban J connectivity index is 2.04. The molecule has 0 atom stereocenters. The van der Waals surface area contributed by atoms with Gasteiger partial charge in [-0.05, 0) is 29.8 Å². The van der Waals surface area contributed by atoms with Crippen molar-refractivity contribution in [2.75, 3.05) is 26.0 Å². The number of amides is 2. The zero-order valence-corrected chi connectivity index (χ0v) is 16.8. The van der Waals surface area contributed by atoms with Crippen LogP contribution in [0.2, 0.25) is 0 Å². The number of benzene rings is 2. The SMILES string of the molecule is COCCNC(=O)CSc1ccccc1C(=O)NCc1ccc(F)cc1C(F)(F)F. The van der Waals surface area contributed by atoms with Crippen molar-refractivity contribution in [1.29, 1.82) is 0 Å². The lowest BCUT2D eigenvalue weighted by Crippen LogP contribution is -2.28. The Morgan fingerprint density at radius 3 is 2.53 bits per heavy atom. The molecule has 0 aliphatic rings. The quantitative estimate of drug-likeness (QED) is 0.352. The summed E-state index contributed by atoms with van der Waals surface area (Å²) < 4.78 is 57.3. The summed E-state index contributed by atoms with van der Waals surface area (Å²) in [5.74, 6) is -1.80. The van der Waals surface area contributed by atoms with E-state index in [4.69, 9.17) is 4.74 Å². The van der Waals surface area contributed by atoms with Crippen molar-refractivity contribution >= 4 is 23.6 Å². The van der Waals surface area contributed by atoms with Crippen LogP contribution in [0.1, 0.15) is 21.5 Å². The third-order valence-electron chi connectivity index (χ3n) is 3.94. The number of carbonyl (C=O) groups is 2. The van der Waals surface area contributed by atoms with Crippen LogP contribution in [0.3, 0.4) is 0 Å². The third-order valence-corrected chi connectivity index (χ3v) is 5.01. The van der Waals surface area contributed by atoms with E-state index in [1.54, 1.807) is 18.2 Å². The van der Waals surface area contributed by atoms with Gasteiger partial charge in [0, 0.05) is 25.1 Å². The van der Waals surface area contributed by atoms with E-state index in [0.717, 1.165) is 23.9 Å². The van der Waals surface area contributed by atoms with Gasteiger partial charge in [0.25, 0.3) is 5.91 Å². The molecule has 10 heteroatoms. The van der Waals surface area contributed by atoms with Gasteiger partial charge in [0.05, 0.1) is 23.5 Å². The standard InChI is InChI=1S/C20H20F4N2O3S/c1-29-9-8-25-18(27)12-30-17-5-3-2-4-15(17)19(28)26-11-13-6-7-14(21)10-16(13)20(22,23)24/h2-7,10H,8-9,11-12H2,1H3,(H,25,27)(H,26,28). The Hall–Kier alpha value is -2.59. The lowest BCUT2D eigenvalue weighted by atomic mass is 10.1. The van der Waals surface area contributed by atoms with E-state index in [9.17, 15) is 27.2 Å². The molecule has 162 valence electrons. The molecular formula is C20H20F4N2O3S. The van der Waals surface area contributed by atoms with Crippen LogP contribution in [0.25, 0.3) is 0 Å². The zero-order valence-electron chi connectivity index (χ0n) is 16.0. The maximum atomic E-state index is 13.2. The van der Waals surface area contributed by atoms with Gasteiger partial charge in [-0.15, -0.1) is 11.8 Å². The number of hydrogen-bond acceptors (Lipinski definition) is 4. The van der Waals surface area contributed by atoms with Crippen molar-refractivity contribution in [2.24, 2.45) is 0 Å². The molecule has 2 aromatic carbocycles. The summed E-state index contributed by atoms with van der Waals surface area (Å²) in [6, 6.07) is 8.73. The monoisotopic (exact) mass is 444 g/mol. The Labute approximate surface area is 175 Å². The van der Waals surface area contributed by atoms with E-state index in [0.29, 0.717) is 24.1 Å². The first-order chi connectivity index (χ1) is 14.2. The molecule has 0 aliphatic carbocycles. The summed E-state index contributed by atoms with van der Waals surface area (Å²) in [6.45, 7) is 0.306.